The number of aromatic nitrogens is 4. The van der Waals surface area contributed by atoms with Gasteiger partial charge in [-0.2, -0.15) is 5.10 Å². The molecule has 3 aromatic heterocycles. The van der Waals surface area contributed by atoms with E-state index in [9.17, 15) is 9.59 Å². The molecule has 132 valence electrons. The molecule has 0 radical (unpaired) electrons. The Morgan fingerprint density at radius 3 is 2.65 bits per heavy atom. The molecule has 0 fully saturated rings. The van der Waals surface area contributed by atoms with Gasteiger partial charge in [-0.15, -0.1) is 0 Å². The van der Waals surface area contributed by atoms with Crippen LogP contribution in [0.2, 0.25) is 0 Å². The first kappa shape index (κ1) is 16.7. The van der Waals surface area contributed by atoms with Crippen LogP contribution in [0, 0.1) is 13.8 Å². The largest absolute Gasteiger partial charge is 0.423 e. The second-order valence-electron chi connectivity index (χ2n) is 6.31. The molecule has 26 heavy (non-hydrogen) atoms. The average molecular weight is 415 g/mol. The summed E-state index contributed by atoms with van der Waals surface area (Å²) in [6.07, 6.45) is 1.47. The van der Waals surface area contributed by atoms with E-state index in [2.05, 4.69) is 26.0 Å². The summed E-state index contributed by atoms with van der Waals surface area (Å²) in [5.41, 5.74) is 3.19. The van der Waals surface area contributed by atoms with Crippen LogP contribution < -0.4 is 11.2 Å². The first-order valence-electron chi connectivity index (χ1n) is 7.97. The van der Waals surface area contributed by atoms with Gasteiger partial charge >= 0.3 is 5.63 Å². The van der Waals surface area contributed by atoms with Gasteiger partial charge in [-0.3, -0.25) is 9.36 Å². The molecule has 0 spiro atoms. The quantitative estimate of drug-likeness (QED) is 0.470. The lowest BCUT2D eigenvalue weighted by atomic mass is 10.0. The van der Waals surface area contributed by atoms with E-state index in [0.717, 1.165) is 16.5 Å². The van der Waals surface area contributed by atoms with Crippen LogP contribution in [-0.4, -0.2) is 19.3 Å². The Hall–Kier alpha value is -2.74. The molecule has 1 aromatic carbocycles. The molecule has 0 aliphatic rings. The lowest BCUT2D eigenvalue weighted by Gasteiger charge is -2.10. The smallest absolute Gasteiger partial charge is 0.336 e. The molecule has 8 heteroatoms. The van der Waals surface area contributed by atoms with E-state index in [-0.39, 0.29) is 12.1 Å². The van der Waals surface area contributed by atoms with Gasteiger partial charge in [0.25, 0.3) is 5.56 Å². The third kappa shape index (κ3) is 2.57. The van der Waals surface area contributed by atoms with E-state index in [1.165, 1.54) is 17.0 Å². The Morgan fingerprint density at radius 1 is 1.15 bits per heavy atom. The van der Waals surface area contributed by atoms with E-state index in [0.29, 0.717) is 26.8 Å². The highest BCUT2D eigenvalue weighted by molar-refractivity contribution is 9.10. The summed E-state index contributed by atoms with van der Waals surface area (Å²) in [6.45, 7) is 4.17. The lowest BCUT2D eigenvalue weighted by molar-refractivity contribution is 0.557. The summed E-state index contributed by atoms with van der Waals surface area (Å²) in [6, 6.07) is 5.24. The van der Waals surface area contributed by atoms with Crippen molar-refractivity contribution in [2.75, 3.05) is 0 Å². The average Bonchev–Trinajstić information content (AvgIpc) is 2.86. The van der Waals surface area contributed by atoms with Gasteiger partial charge < -0.3 is 4.42 Å². The zero-order valence-corrected chi connectivity index (χ0v) is 16.0. The topological polar surface area (TPSA) is 82.9 Å². The lowest BCUT2D eigenvalue weighted by Crippen LogP contribution is -2.22. The predicted octanol–water partition coefficient (Wildman–Crippen LogP) is 2.66. The molecule has 0 amide bonds. The number of benzene rings is 1. The molecule has 4 aromatic rings. The molecule has 7 nitrogen and oxygen atoms in total. The van der Waals surface area contributed by atoms with Crippen molar-refractivity contribution in [2.24, 2.45) is 7.05 Å². The summed E-state index contributed by atoms with van der Waals surface area (Å²) >= 11 is 3.31. The summed E-state index contributed by atoms with van der Waals surface area (Å²) in [7, 11) is 1.73. The van der Waals surface area contributed by atoms with Gasteiger partial charge in [0.2, 0.25) is 0 Å². The van der Waals surface area contributed by atoms with Crippen molar-refractivity contribution in [1.29, 1.82) is 0 Å². The third-order valence-corrected chi connectivity index (χ3v) is 5.11. The monoisotopic (exact) mass is 414 g/mol. The number of hydrogen-bond donors (Lipinski definition) is 0. The van der Waals surface area contributed by atoms with Crippen molar-refractivity contribution in [3.8, 4) is 0 Å². The number of nitrogens with zero attached hydrogens (tertiary/aromatic N) is 4. The predicted molar refractivity (Wildman–Crippen MR) is 102 cm³/mol. The number of aryl methyl sites for hydroxylation is 3. The van der Waals surface area contributed by atoms with Crippen LogP contribution in [0.4, 0.5) is 0 Å². The van der Waals surface area contributed by atoms with Gasteiger partial charge in [0.05, 0.1) is 6.54 Å². The second-order valence-corrected chi connectivity index (χ2v) is 7.07. The number of fused-ring (bicyclic) bond motifs is 2. The van der Waals surface area contributed by atoms with Gasteiger partial charge in [0.15, 0.2) is 5.65 Å². The van der Waals surface area contributed by atoms with Crippen LogP contribution in [0.1, 0.15) is 16.7 Å². The maximum atomic E-state index is 12.8. The fourth-order valence-electron chi connectivity index (χ4n) is 3.05. The van der Waals surface area contributed by atoms with Gasteiger partial charge in [-0.1, -0.05) is 0 Å². The molecule has 4 rings (SSSR count). The molecule has 0 atom stereocenters. The molecule has 0 bridgehead atoms. The zero-order chi connectivity index (χ0) is 18.6. The van der Waals surface area contributed by atoms with Gasteiger partial charge in [0.1, 0.15) is 21.9 Å². The first-order chi connectivity index (χ1) is 12.3. The van der Waals surface area contributed by atoms with Crippen LogP contribution in [0.15, 0.2) is 43.1 Å². The van der Waals surface area contributed by atoms with Crippen LogP contribution in [0.3, 0.4) is 0 Å². The summed E-state index contributed by atoms with van der Waals surface area (Å²) < 4.78 is 8.79. The van der Waals surface area contributed by atoms with Crippen molar-refractivity contribution in [3.05, 3.63) is 66.6 Å². The normalized spacial score (nSPS) is 11.5. The van der Waals surface area contributed by atoms with Crippen LogP contribution in [0.25, 0.3) is 22.0 Å². The minimum absolute atomic E-state index is 0.216. The fraction of sp³-hybridized carbons (Fsp3) is 0.222. The molecule has 0 aliphatic heterocycles. The molecule has 3 heterocycles. The summed E-state index contributed by atoms with van der Waals surface area (Å²) in [4.78, 5) is 29.1. The zero-order valence-electron chi connectivity index (χ0n) is 14.4. The highest BCUT2D eigenvalue weighted by Gasteiger charge is 2.15. The van der Waals surface area contributed by atoms with Crippen molar-refractivity contribution in [1.82, 2.24) is 19.3 Å². The maximum absolute atomic E-state index is 12.8. The minimum atomic E-state index is -0.444. The van der Waals surface area contributed by atoms with E-state index in [4.69, 9.17) is 4.42 Å². The van der Waals surface area contributed by atoms with Gasteiger partial charge in [-0.25, -0.2) is 14.5 Å². The van der Waals surface area contributed by atoms with Crippen molar-refractivity contribution >= 4 is 37.9 Å². The highest BCUT2D eigenvalue weighted by atomic mass is 79.9. The summed E-state index contributed by atoms with van der Waals surface area (Å²) in [5, 5.41) is 5.40. The second kappa shape index (κ2) is 5.91. The number of hydrogen-bond acceptors (Lipinski definition) is 5. The van der Waals surface area contributed by atoms with E-state index in [1.54, 1.807) is 11.7 Å². The highest BCUT2D eigenvalue weighted by Crippen LogP contribution is 2.22. The Labute approximate surface area is 156 Å². The van der Waals surface area contributed by atoms with Crippen LogP contribution >= 0.6 is 15.9 Å². The number of halogens is 1. The third-order valence-electron chi connectivity index (χ3n) is 4.55. The van der Waals surface area contributed by atoms with Crippen molar-refractivity contribution < 1.29 is 4.42 Å². The van der Waals surface area contributed by atoms with E-state index in [1.807, 2.05) is 26.0 Å². The van der Waals surface area contributed by atoms with Gasteiger partial charge in [0, 0.05) is 18.5 Å². The van der Waals surface area contributed by atoms with Crippen molar-refractivity contribution in [3.63, 3.8) is 0 Å². The standard InChI is InChI=1S/C18H15BrN4O3/c1-9-4-12-11(6-14(24)26-13(12)5-10(9)2)7-23-8-20-17-15(18(23)25)16(19)21-22(17)3/h4-6,8H,7H2,1-3H3. The summed E-state index contributed by atoms with van der Waals surface area (Å²) in [5.74, 6) is 0. The van der Waals surface area contributed by atoms with Gasteiger partial charge in [-0.05, 0) is 58.6 Å². The molecular formula is C18H15BrN4O3. The van der Waals surface area contributed by atoms with E-state index < -0.39 is 5.63 Å². The SMILES string of the molecule is Cc1cc2oc(=O)cc(Cn3cnc4c(c(Br)nn4C)c3=O)c2cc1C. The molecule has 0 N–H and O–H groups in total. The Balaban J connectivity index is 1.93. The van der Waals surface area contributed by atoms with Crippen LogP contribution in [-0.2, 0) is 13.6 Å². The molecule has 0 saturated heterocycles. The maximum Gasteiger partial charge on any atom is 0.336 e. The Bertz CT molecular complexity index is 1300. The Morgan fingerprint density at radius 2 is 1.88 bits per heavy atom. The number of rotatable bonds is 2. The van der Waals surface area contributed by atoms with Crippen molar-refractivity contribution in [2.45, 2.75) is 20.4 Å². The molecule has 0 aliphatic carbocycles. The molecule has 0 saturated carbocycles. The molecular weight excluding hydrogens is 400 g/mol. The van der Waals surface area contributed by atoms with Crippen LogP contribution in [0.5, 0.6) is 0 Å². The van der Waals surface area contributed by atoms with E-state index >= 15 is 0 Å². The minimum Gasteiger partial charge on any atom is -0.423 e. The first-order valence-corrected chi connectivity index (χ1v) is 8.76. The Kier molecular flexibility index (Phi) is 3.80. The molecule has 0 unspecified atom stereocenters. The fourth-order valence-corrected chi connectivity index (χ4v) is 3.63.